The predicted molar refractivity (Wildman–Crippen MR) is 107 cm³/mol. The lowest BCUT2D eigenvalue weighted by atomic mass is 10.1. The molecule has 27 heavy (non-hydrogen) atoms. The van der Waals surface area contributed by atoms with Crippen LogP contribution in [0.3, 0.4) is 0 Å². The van der Waals surface area contributed by atoms with Crippen molar-refractivity contribution >= 4 is 33.6 Å². The fourth-order valence-corrected chi connectivity index (χ4v) is 2.69. The normalized spacial score (nSPS) is 11.8. The molecule has 3 aromatic rings. The van der Waals surface area contributed by atoms with Crippen LogP contribution in [-0.2, 0) is 0 Å². The van der Waals surface area contributed by atoms with Crippen molar-refractivity contribution in [2.75, 3.05) is 13.7 Å². The molecule has 1 aromatic heterocycles. The van der Waals surface area contributed by atoms with Gasteiger partial charge in [0.05, 0.1) is 24.6 Å². The Morgan fingerprint density at radius 3 is 2.74 bits per heavy atom. The van der Waals surface area contributed by atoms with E-state index < -0.39 is 5.63 Å². The molecule has 0 saturated heterocycles. The van der Waals surface area contributed by atoms with Gasteiger partial charge < -0.3 is 13.9 Å². The SMILES string of the molecule is COc1ccc(/C=C(\Cl)c2nc3ccccc3c(=O)o2)cc1OCC(C)C. The molecular weight excluding hydrogens is 366 g/mol. The summed E-state index contributed by atoms with van der Waals surface area (Å²) in [5.41, 5.74) is 0.834. The van der Waals surface area contributed by atoms with Gasteiger partial charge in [-0.25, -0.2) is 9.78 Å². The van der Waals surface area contributed by atoms with Crippen LogP contribution in [0.2, 0.25) is 0 Å². The maximum Gasteiger partial charge on any atom is 0.347 e. The molecule has 3 rings (SSSR count). The first-order valence-corrected chi connectivity index (χ1v) is 8.94. The van der Waals surface area contributed by atoms with Crippen LogP contribution in [0.1, 0.15) is 25.3 Å². The van der Waals surface area contributed by atoms with Gasteiger partial charge in [-0.3, -0.25) is 0 Å². The molecule has 0 bridgehead atoms. The number of ether oxygens (including phenoxy) is 2. The number of rotatable bonds is 6. The largest absolute Gasteiger partial charge is 0.493 e. The lowest BCUT2D eigenvalue weighted by Gasteiger charge is -2.13. The number of para-hydroxylation sites is 1. The van der Waals surface area contributed by atoms with E-state index in [1.54, 1.807) is 43.5 Å². The fourth-order valence-electron chi connectivity index (χ4n) is 2.48. The van der Waals surface area contributed by atoms with Gasteiger partial charge in [-0.1, -0.05) is 43.6 Å². The van der Waals surface area contributed by atoms with E-state index in [4.69, 9.17) is 25.5 Å². The minimum Gasteiger partial charge on any atom is -0.493 e. The molecule has 2 aromatic carbocycles. The smallest absolute Gasteiger partial charge is 0.347 e. The molecule has 0 unspecified atom stereocenters. The molecule has 0 amide bonds. The molecule has 5 nitrogen and oxygen atoms in total. The number of aromatic nitrogens is 1. The van der Waals surface area contributed by atoms with Crippen molar-refractivity contribution in [3.05, 3.63) is 64.3 Å². The van der Waals surface area contributed by atoms with Crippen molar-refractivity contribution in [1.29, 1.82) is 0 Å². The summed E-state index contributed by atoms with van der Waals surface area (Å²) in [7, 11) is 1.59. The number of benzene rings is 2. The molecule has 0 atom stereocenters. The predicted octanol–water partition coefficient (Wildman–Crippen LogP) is 4.97. The fraction of sp³-hybridized carbons (Fsp3) is 0.238. The lowest BCUT2D eigenvalue weighted by Crippen LogP contribution is -2.05. The summed E-state index contributed by atoms with van der Waals surface area (Å²) in [5, 5.41) is 0.636. The van der Waals surface area contributed by atoms with Gasteiger partial charge in [0.1, 0.15) is 5.03 Å². The molecule has 0 aliphatic rings. The summed E-state index contributed by atoms with van der Waals surface area (Å²) in [5.74, 6) is 1.71. The second kappa shape index (κ2) is 8.27. The van der Waals surface area contributed by atoms with Gasteiger partial charge in [0, 0.05) is 0 Å². The highest BCUT2D eigenvalue weighted by molar-refractivity contribution is 6.50. The molecule has 0 aliphatic carbocycles. The van der Waals surface area contributed by atoms with Gasteiger partial charge in [-0.15, -0.1) is 0 Å². The number of halogens is 1. The Balaban J connectivity index is 1.96. The number of methoxy groups -OCH3 is 1. The Labute approximate surface area is 162 Å². The molecule has 0 fully saturated rings. The van der Waals surface area contributed by atoms with Crippen LogP contribution in [0.5, 0.6) is 11.5 Å². The molecule has 0 aliphatic heterocycles. The minimum atomic E-state index is -0.474. The number of nitrogens with zero attached hydrogens (tertiary/aromatic N) is 1. The van der Waals surface area contributed by atoms with Gasteiger partial charge >= 0.3 is 5.63 Å². The molecule has 0 N–H and O–H groups in total. The van der Waals surface area contributed by atoms with Crippen molar-refractivity contribution in [1.82, 2.24) is 4.98 Å². The lowest BCUT2D eigenvalue weighted by molar-refractivity contribution is 0.257. The maximum absolute atomic E-state index is 12.1. The van der Waals surface area contributed by atoms with Crippen molar-refractivity contribution in [3.8, 4) is 11.5 Å². The van der Waals surface area contributed by atoms with Crippen LogP contribution >= 0.6 is 11.6 Å². The van der Waals surface area contributed by atoms with E-state index in [-0.39, 0.29) is 10.9 Å². The van der Waals surface area contributed by atoms with Crippen molar-refractivity contribution in [2.24, 2.45) is 5.92 Å². The summed E-state index contributed by atoms with van der Waals surface area (Å²) < 4.78 is 16.4. The Bertz CT molecular complexity index is 1040. The van der Waals surface area contributed by atoms with E-state index in [1.165, 1.54) is 0 Å². The minimum absolute atomic E-state index is 0.0702. The third-order valence-corrected chi connectivity index (χ3v) is 4.06. The van der Waals surface area contributed by atoms with Crippen LogP contribution in [0, 0.1) is 5.92 Å². The van der Waals surface area contributed by atoms with Crippen molar-refractivity contribution in [3.63, 3.8) is 0 Å². The molecule has 6 heteroatoms. The van der Waals surface area contributed by atoms with Crippen LogP contribution < -0.4 is 15.1 Å². The molecule has 0 spiro atoms. The third kappa shape index (κ3) is 4.49. The summed E-state index contributed by atoms with van der Waals surface area (Å²) in [6, 6.07) is 12.4. The zero-order valence-electron chi connectivity index (χ0n) is 15.4. The number of hydrogen-bond acceptors (Lipinski definition) is 5. The van der Waals surface area contributed by atoms with Crippen molar-refractivity contribution < 1.29 is 13.9 Å². The molecule has 1 heterocycles. The topological polar surface area (TPSA) is 61.6 Å². The molecule has 0 radical (unpaired) electrons. The van der Waals surface area contributed by atoms with E-state index in [1.807, 2.05) is 12.1 Å². The summed E-state index contributed by atoms with van der Waals surface area (Å²) in [4.78, 5) is 16.4. The Kier molecular flexibility index (Phi) is 5.81. The van der Waals surface area contributed by atoms with E-state index in [9.17, 15) is 4.79 Å². The zero-order valence-corrected chi connectivity index (χ0v) is 16.1. The van der Waals surface area contributed by atoms with Crippen LogP contribution in [0.15, 0.2) is 51.7 Å². The average molecular weight is 386 g/mol. The van der Waals surface area contributed by atoms with E-state index in [0.717, 1.165) is 5.56 Å². The first kappa shape index (κ1) is 19.0. The first-order valence-electron chi connectivity index (χ1n) is 8.56. The maximum atomic E-state index is 12.1. The van der Waals surface area contributed by atoms with Gasteiger partial charge in [0.25, 0.3) is 0 Å². The number of fused-ring (bicyclic) bond motifs is 1. The second-order valence-corrected chi connectivity index (χ2v) is 6.84. The quantitative estimate of drug-likeness (QED) is 0.599. The molecule has 140 valence electrons. The summed E-state index contributed by atoms with van der Waals surface area (Å²) in [6.45, 7) is 4.71. The standard InChI is InChI=1S/C21H20ClNO4/c1-13(2)12-26-19-11-14(8-9-18(19)25-3)10-16(22)20-23-17-7-5-4-6-15(17)21(24)27-20/h4-11,13H,12H2,1-3H3/b16-10-. The highest BCUT2D eigenvalue weighted by Gasteiger charge is 2.11. The summed E-state index contributed by atoms with van der Waals surface area (Å²) >= 11 is 6.36. The van der Waals surface area contributed by atoms with Crippen LogP contribution in [-0.4, -0.2) is 18.7 Å². The van der Waals surface area contributed by atoms with Gasteiger partial charge in [-0.2, -0.15) is 0 Å². The van der Waals surface area contributed by atoms with Gasteiger partial charge in [0.2, 0.25) is 5.89 Å². The zero-order chi connectivity index (χ0) is 19.4. The van der Waals surface area contributed by atoms with Crippen molar-refractivity contribution in [2.45, 2.75) is 13.8 Å². The Morgan fingerprint density at radius 1 is 1.22 bits per heavy atom. The molecular formula is C21H20ClNO4. The Morgan fingerprint density at radius 2 is 2.00 bits per heavy atom. The van der Waals surface area contributed by atoms with E-state index in [0.29, 0.717) is 34.9 Å². The first-order chi connectivity index (χ1) is 13.0. The van der Waals surface area contributed by atoms with E-state index >= 15 is 0 Å². The highest BCUT2D eigenvalue weighted by atomic mass is 35.5. The number of hydrogen-bond donors (Lipinski definition) is 0. The second-order valence-electron chi connectivity index (χ2n) is 6.43. The van der Waals surface area contributed by atoms with E-state index in [2.05, 4.69) is 18.8 Å². The summed E-state index contributed by atoms with van der Waals surface area (Å²) in [6.07, 6.45) is 1.67. The average Bonchev–Trinajstić information content (AvgIpc) is 2.66. The molecule has 0 saturated carbocycles. The van der Waals surface area contributed by atoms with Gasteiger partial charge in [-0.05, 0) is 41.8 Å². The monoisotopic (exact) mass is 385 g/mol. The van der Waals surface area contributed by atoms with Crippen LogP contribution in [0.4, 0.5) is 0 Å². The van der Waals surface area contributed by atoms with Gasteiger partial charge in [0.15, 0.2) is 11.5 Å². The van der Waals surface area contributed by atoms with Crippen LogP contribution in [0.25, 0.3) is 22.0 Å². The highest BCUT2D eigenvalue weighted by Crippen LogP contribution is 2.30. The Hall–Kier alpha value is -2.79. The third-order valence-electron chi connectivity index (χ3n) is 3.79.